The number of thioether (sulfide) groups is 1. The molecule has 0 aliphatic rings. The highest BCUT2D eigenvalue weighted by Gasteiger charge is 2.30. The summed E-state index contributed by atoms with van der Waals surface area (Å²) in [4.78, 5) is 28.7. The van der Waals surface area contributed by atoms with Crippen LogP contribution in [0.1, 0.15) is 37.0 Å². The van der Waals surface area contributed by atoms with Gasteiger partial charge < -0.3 is 15.0 Å². The Labute approximate surface area is 223 Å². The minimum absolute atomic E-state index is 0.0157. The van der Waals surface area contributed by atoms with E-state index in [-0.39, 0.29) is 36.0 Å². The van der Waals surface area contributed by atoms with Gasteiger partial charge in [0.15, 0.2) is 0 Å². The summed E-state index contributed by atoms with van der Waals surface area (Å²) in [5, 5.41) is 3.06. The van der Waals surface area contributed by atoms with Crippen LogP contribution in [0, 0.1) is 5.82 Å². The number of nitrogens with one attached hydrogen (secondary N) is 1. The van der Waals surface area contributed by atoms with Crippen molar-refractivity contribution < 1.29 is 18.7 Å². The summed E-state index contributed by atoms with van der Waals surface area (Å²) < 4.78 is 18.8. The zero-order valence-corrected chi connectivity index (χ0v) is 22.5. The van der Waals surface area contributed by atoms with Crippen LogP contribution in [0.25, 0.3) is 0 Å². The van der Waals surface area contributed by atoms with Crippen LogP contribution >= 0.6 is 11.8 Å². The monoisotopic (exact) mass is 522 g/mol. The first-order valence-electron chi connectivity index (χ1n) is 12.5. The second-order valence-corrected chi connectivity index (χ2v) is 10.00. The lowest BCUT2D eigenvalue weighted by Gasteiger charge is -2.32. The zero-order chi connectivity index (χ0) is 26.6. The molecule has 0 bridgehead atoms. The molecule has 0 saturated carbocycles. The van der Waals surface area contributed by atoms with Crippen molar-refractivity contribution in [3.05, 3.63) is 101 Å². The van der Waals surface area contributed by atoms with Crippen molar-refractivity contribution in [3.8, 4) is 5.75 Å². The van der Waals surface area contributed by atoms with Gasteiger partial charge in [-0.15, -0.1) is 11.8 Å². The van der Waals surface area contributed by atoms with Gasteiger partial charge >= 0.3 is 0 Å². The Morgan fingerprint density at radius 1 is 0.946 bits per heavy atom. The number of halogens is 1. The SMILES string of the molecule is CCC(C)NC(=O)C(Cc1ccccc1)N(Cc1ccc(F)cc1)C(=O)CSCc1ccc(OC)cc1. The van der Waals surface area contributed by atoms with Crippen molar-refractivity contribution in [2.24, 2.45) is 0 Å². The van der Waals surface area contributed by atoms with Crippen LogP contribution in [0.15, 0.2) is 78.9 Å². The quantitative estimate of drug-likeness (QED) is 0.317. The van der Waals surface area contributed by atoms with Gasteiger partial charge in [0.05, 0.1) is 12.9 Å². The lowest BCUT2D eigenvalue weighted by Crippen LogP contribution is -2.52. The number of hydrogen-bond acceptors (Lipinski definition) is 4. The minimum atomic E-state index is -0.699. The average Bonchev–Trinajstić information content (AvgIpc) is 2.92. The van der Waals surface area contributed by atoms with Crippen molar-refractivity contribution in [2.75, 3.05) is 12.9 Å². The summed E-state index contributed by atoms with van der Waals surface area (Å²) in [6.45, 7) is 4.18. The van der Waals surface area contributed by atoms with E-state index in [0.717, 1.165) is 28.9 Å². The third kappa shape index (κ3) is 8.93. The standard InChI is InChI=1S/C30H35FN2O3S/c1-4-22(2)32-30(35)28(18-23-8-6-5-7-9-23)33(19-24-10-14-26(31)15-11-24)29(34)21-37-20-25-12-16-27(36-3)17-13-25/h5-17,22,28H,4,18-21H2,1-3H3,(H,32,35). The number of ether oxygens (including phenoxy) is 1. The van der Waals surface area contributed by atoms with Crippen LogP contribution in [0.4, 0.5) is 4.39 Å². The third-order valence-corrected chi connectivity index (χ3v) is 7.18. The molecule has 3 aromatic rings. The van der Waals surface area contributed by atoms with Gasteiger partial charge in [-0.3, -0.25) is 9.59 Å². The maximum absolute atomic E-state index is 13.6. The van der Waals surface area contributed by atoms with Gasteiger partial charge in [-0.2, -0.15) is 0 Å². The molecule has 0 fully saturated rings. The number of amides is 2. The lowest BCUT2D eigenvalue weighted by atomic mass is 10.0. The summed E-state index contributed by atoms with van der Waals surface area (Å²) in [5.74, 6) is 0.993. The molecule has 3 rings (SSSR count). The summed E-state index contributed by atoms with van der Waals surface area (Å²) in [7, 11) is 1.63. The fourth-order valence-corrected chi connectivity index (χ4v) is 4.71. The summed E-state index contributed by atoms with van der Waals surface area (Å²) in [6.07, 6.45) is 1.17. The number of rotatable bonds is 13. The Hall–Kier alpha value is -3.32. The molecule has 0 saturated heterocycles. The van der Waals surface area contributed by atoms with Gasteiger partial charge in [-0.25, -0.2) is 4.39 Å². The predicted octanol–water partition coefficient (Wildman–Crippen LogP) is 5.62. The van der Waals surface area contributed by atoms with Gasteiger partial charge in [0.2, 0.25) is 11.8 Å². The van der Waals surface area contributed by atoms with Crippen molar-refractivity contribution in [3.63, 3.8) is 0 Å². The topological polar surface area (TPSA) is 58.6 Å². The van der Waals surface area contributed by atoms with Crippen molar-refractivity contribution in [2.45, 2.75) is 51.1 Å². The maximum atomic E-state index is 13.6. The second kappa shape index (κ2) is 14.4. The molecule has 196 valence electrons. The van der Waals surface area contributed by atoms with Crippen LogP contribution in [-0.2, 0) is 28.3 Å². The van der Waals surface area contributed by atoms with Gasteiger partial charge in [0.1, 0.15) is 17.6 Å². The van der Waals surface area contributed by atoms with Crippen LogP contribution in [0.3, 0.4) is 0 Å². The molecule has 0 aromatic heterocycles. The van der Waals surface area contributed by atoms with Crippen LogP contribution in [0.5, 0.6) is 5.75 Å². The third-order valence-electron chi connectivity index (χ3n) is 6.19. The van der Waals surface area contributed by atoms with Crippen molar-refractivity contribution >= 4 is 23.6 Å². The average molecular weight is 523 g/mol. The molecule has 0 radical (unpaired) electrons. The largest absolute Gasteiger partial charge is 0.497 e. The van der Waals surface area contributed by atoms with E-state index in [0.29, 0.717) is 12.2 Å². The van der Waals surface area contributed by atoms with E-state index in [1.807, 2.05) is 68.4 Å². The first kappa shape index (κ1) is 28.3. The Kier molecular flexibility index (Phi) is 11.0. The van der Waals surface area contributed by atoms with E-state index < -0.39 is 6.04 Å². The normalized spacial score (nSPS) is 12.4. The maximum Gasteiger partial charge on any atom is 0.243 e. The van der Waals surface area contributed by atoms with Gasteiger partial charge in [0, 0.05) is 24.8 Å². The molecule has 2 unspecified atom stereocenters. The fraction of sp³-hybridized carbons (Fsp3) is 0.333. The Bertz CT molecular complexity index is 1120. The molecule has 7 heteroatoms. The Balaban J connectivity index is 1.82. The first-order valence-corrected chi connectivity index (χ1v) is 13.6. The molecule has 0 aliphatic heterocycles. The van der Waals surface area contributed by atoms with Gasteiger partial charge in [0.25, 0.3) is 0 Å². The fourth-order valence-electron chi connectivity index (χ4n) is 3.84. The predicted molar refractivity (Wildman–Crippen MR) is 148 cm³/mol. The number of methoxy groups -OCH3 is 1. The Morgan fingerprint density at radius 2 is 1.59 bits per heavy atom. The van der Waals surface area contributed by atoms with E-state index in [1.165, 1.54) is 23.9 Å². The van der Waals surface area contributed by atoms with E-state index in [2.05, 4.69) is 5.32 Å². The number of carbonyl (C=O) groups is 2. The number of hydrogen-bond donors (Lipinski definition) is 1. The summed E-state index contributed by atoms with van der Waals surface area (Å²) in [5.41, 5.74) is 2.82. The molecular weight excluding hydrogens is 487 g/mol. The van der Waals surface area contributed by atoms with Crippen molar-refractivity contribution in [1.29, 1.82) is 0 Å². The number of carbonyl (C=O) groups excluding carboxylic acids is 2. The van der Waals surface area contributed by atoms with E-state index in [1.54, 1.807) is 24.1 Å². The highest BCUT2D eigenvalue weighted by atomic mass is 32.2. The van der Waals surface area contributed by atoms with Crippen LogP contribution in [-0.4, -0.2) is 41.7 Å². The molecular formula is C30H35FN2O3S. The zero-order valence-electron chi connectivity index (χ0n) is 21.7. The molecule has 3 aromatic carbocycles. The van der Waals surface area contributed by atoms with Crippen LogP contribution < -0.4 is 10.1 Å². The molecule has 0 aliphatic carbocycles. The highest BCUT2D eigenvalue weighted by molar-refractivity contribution is 7.99. The van der Waals surface area contributed by atoms with Crippen molar-refractivity contribution in [1.82, 2.24) is 10.2 Å². The van der Waals surface area contributed by atoms with E-state index in [4.69, 9.17) is 4.74 Å². The first-order chi connectivity index (χ1) is 17.9. The van der Waals surface area contributed by atoms with E-state index in [9.17, 15) is 14.0 Å². The van der Waals surface area contributed by atoms with Crippen LogP contribution in [0.2, 0.25) is 0 Å². The number of benzene rings is 3. The summed E-state index contributed by atoms with van der Waals surface area (Å²) >= 11 is 1.50. The second-order valence-electron chi connectivity index (χ2n) is 9.01. The number of nitrogens with zero attached hydrogens (tertiary/aromatic N) is 1. The van der Waals surface area contributed by atoms with Gasteiger partial charge in [-0.1, -0.05) is 61.5 Å². The smallest absolute Gasteiger partial charge is 0.243 e. The molecule has 1 N–H and O–H groups in total. The summed E-state index contributed by atoms with van der Waals surface area (Å²) in [6, 6.07) is 22.8. The lowest BCUT2D eigenvalue weighted by molar-refractivity contribution is -0.139. The molecule has 5 nitrogen and oxygen atoms in total. The molecule has 0 spiro atoms. The molecule has 0 heterocycles. The van der Waals surface area contributed by atoms with Gasteiger partial charge in [-0.05, 0) is 54.3 Å². The molecule has 2 atom stereocenters. The molecule has 37 heavy (non-hydrogen) atoms. The Morgan fingerprint density at radius 3 is 2.22 bits per heavy atom. The minimum Gasteiger partial charge on any atom is -0.497 e. The highest BCUT2D eigenvalue weighted by Crippen LogP contribution is 2.20. The molecule has 2 amide bonds. The van der Waals surface area contributed by atoms with E-state index >= 15 is 0 Å².